The standard InChI is InChI=1S/C24H16ClN5O2/c1-13(31)22-28-30(17-10-8-16(25)9-11-17)24-27-21-20(23(32)29(22)24)19-15(12-26-21)7-6-14-4-2-3-5-18(14)19/h2-5,8-12H,6-7H2,1H3. The van der Waals surface area contributed by atoms with Gasteiger partial charge in [0.05, 0.1) is 11.1 Å². The van der Waals surface area contributed by atoms with Gasteiger partial charge < -0.3 is 0 Å². The molecule has 8 heteroatoms. The second kappa shape index (κ2) is 6.83. The number of hydrogen-bond donors (Lipinski definition) is 0. The Morgan fingerprint density at radius 2 is 1.78 bits per heavy atom. The summed E-state index contributed by atoms with van der Waals surface area (Å²) in [6, 6.07) is 15.0. The number of aryl methyl sites for hydroxylation is 2. The van der Waals surface area contributed by atoms with Gasteiger partial charge in [-0.1, -0.05) is 35.9 Å². The lowest BCUT2D eigenvalue weighted by atomic mass is 9.85. The van der Waals surface area contributed by atoms with Crippen molar-refractivity contribution in [3.05, 3.63) is 87.1 Å². The number of carbonyl (C=O) groups is 1. The molecule has 0 amide bonds. The molecule has 0 saturated carbocycles. The van der Waals surface area contributed by atoms with Crippen molar-refractivity contribution in [2.45, 2.75) is 19.8 Å². The molecule has 0 N–H and O–H groups in total. The van der Waals surface area contributed by atoms with Crippen molar-refractivity contribution >= 4 is 34.2 Å². The highest BCUT2D eigenvalue weighted by atomic mass is 35.5. The van der Waals surface area contributed by atoms with Crippen LogP contribution in [0.25, 0.3) is 33.6 Å². The lowest BCUT2D eigenvalue weighted by Crippen LogP contribution is -2.21. The van der Waals surface area contributed by atoms with Crippen molar-refractivity contribution in [3.63, 3.8) is 0 Å². The van der Waals surface area contributed by atoms with Crippen LogP contribution in [0.15, 0.2) is 59.5 Å². The maximum Gasteiger partial charge on any atom is 0.271 e. The molecule has 1 aliphatic rings. The number of pyridine rings is 1. The molecule has 5 aromatic rings. The van der Waals surface area contributed by atoms with Crippen LogP contribution in [0.5, 0.6) is 0 Å². The molecule has 0 saturated heterocycles. The highest BCUT2D eigenvalue weighted by Gasteiger charge is 2.25. The van der Waals surface area contributed by atoms with Crippen molar-refractivity contribution in [1.29, 1.82) is 0 Å². The van der Waals surface area contributed by atoms with Crippen LogP contribution in [0.3, 0.4) is 0 Å². The topological polar surface area (TPSA) is 82.2 Å². The van der Waals surface area contributed by atoms with Crippen LogP contribution >= 0.6 is 11.6 Å². The average Bonchev–Trinajstić information content (AvgIpc) is 3.19. The van der Waals surface area contributed by atoms with Crippen molar-refractivity contribution in [1.82, 2.24) is 24.1 Å². The number of Topliss-reactive ketones (excluding diaryl/α,β-unsaturated/α-hetero) is 1. The number of ketones is 1. The minimum absolute atomic E-state index is 0.0241. The summed E-state index contributed by atoms with van der Waals surface area (Å²) in [5.74, 6) is -0.0771. The number of hydrogen-bond acceptors (Lipinski definition) is 5. The quantitative estimate of drug-likeness (QED) is 0.386. The Kier molecular flexibility index (Phi) is 4.03. The van der Waals surface area contributed by atoms with E-state index in [1.54, 1.807) is 30.5 Å². The van der Waals surface area contributed by atoms with Crippen LogP contribution in [0.2, 0.25) is 5.02 Å². The predicted octanol–water partition coefficient (Wildman–Crippen LogP) is 4.05. The number of carbonyl (C=O) groups excluding carboxylic acids is 1. The first-order chi connectivity index (χ1) is 15.5. The monoisotopic (exact) mass is 441 g/mol. The lowest BCUT2D eigenvalue weighted by molar-refractivity contribution is 0.100. The van der Waals surface area contributed by atoms with E-state index in [4.69, 9.17) is 11.6 Å². The van der Waals surface area contributed by atoms with E-state index in [9.17, 15) is 9.59 Å². The Labute approximate surface area is 186 Å². The third-order valence-corrected chi connectivity index (χ3v) is 6.14. The lowest BCUT2D eigenvalue weighted by Gasteiger charge is -2.20. The van der Waals surface area contributed by atoms with Crippen LogP contribution < -0.4 is 5.56 Å². The summed E-state index contributed by atoms with van der Waals surface area (Å²) in [6.07, 6.45) is 3.48. The predicted molar refractivity (Wildman–Crippen MR) is 122 cm³/mol. The number of rotatable bonds is 2. The van der Waals surface area contributed by atoms with Gasteiger partial charge in [0.1, 0.15) is 0 Å². The molecule has 7 nitrogen and oxygen atoms in total. The number of nitrogens with zero attached hydrogens (tertiary/aromatic N) is 5. The van der Waals surface area contributed by atoms with Crippen LogP contribution in [-0.2, 0) is 12.8 Å². The summed E-state index contributed by atoms with van der Waals surface area (Å²) in [4.78, 5) is 35.5. The van der Waals surface area contributed by atoms with E-state index < -0.39 is 0 Å². The normalized spacial score (nSPS) is 12.7. The summed E-state index contributed by atoms with van der Waals surface area (Å²) >= 11 is 6.02. The van der Waals surface area contributed by atoms with Gasteiger partial charge in [-0.25, -0.2) is 9.38 Å². The molecule has 0 fully saturated rings. The number of halogens is 1. The van der Waals surface area contributed by atoms with Gasteiger partial charge >= 0.3 is 0 Å². The molecular formula is C24H16ClN5O2. The SMILES string of the molecule is CC(=O)c1nn(-c2ccc(Cl)cc2)c2nc3ncc4c(c3c(=O)n12)-c1ccccc1CC4. The molecule has 3 heterocycles. The van der Waals surface area contributed by atoms with E-state index in [0.29, 0.717) is 21.7 Å². The van der Waals surface area contributed by atoms with E-state index in [0.717, 1.165) is 29.5 Å². The van der Waals surface area contributed by atoms with Gasteiger partial charge in [-0.05, 0) is 53.8 Å². The zero-order valence-corrected chi connectivity index (χ0v) is 17.8. The summed E-state index contributed by atoms with van der Waals surface area (Å²) in [6.45, 7) is 1.39. The molecule has 1 aliphatic carbocycles. The fraction of sp³-hybridized carbons (Fsp3) is 0.125. The highest BCUT2D eigenvalue weighted by molar-refractivity contribution is 6.30. The number of benzene rings is 2. The molecule has 0 radical (unpaired) electrons. The third-order valence-electron chi connectivity index (χ3n) is 5.89. The van der Waals surface area contributed by atoms with Crippen molar-refractivity contribution in [2.75, 3.05) is 0 Å². The van der Waals surface area contributed by atoms with E-state index in [1.807, 2.05) is 18.2 Å². The van der Waals surface area contributed by atoms with E-state index >= 15 is 0 Å². The van der Waals surface area contributed by atoms with Gasteiger partial charge in [-0.15, -0.1) is 5.10 Å². The minimum atomic E-state index is -0.350. The summed E-state index contributed by atoms with van der Waals surface area (Å²) in [7, 11) is 0. The van der Waals surface area contributed by atoms with Crippen molar-refractivity contribution in [3.8, 4) is 16.8 Å². The highest BCUT2D eigenvalue weighted by Crippen LogP contribution is 2.36. The molecule has 0 atom stereocenters. The fourth-order valence-corrected chi connectivity index (χ4v) is 4.55. The van der Waals surface area contributed by atoms with Gasteiger partial charge in [0.2, 0.25) is 11.6 Å². The van der Waals surface area contributed by atoms with E-state index in [-0.39, 0.29) is 22.9 Å². The maximum atomic E-state index is 13.9. The Hall–Kier alpha value is -3.84. The second-order valence-electron chi connectivity index (χ2n) is 7.83. The summed E-state index contributed by atoms with van der Waals surface area (Å²) in [5, 5.41) is 5.40. The molecule has 0 bridgehead atoms. The Morgan fingerprint density at radius 1 is 1.03 bits per heavy atom. The van der Waals surface area contributed by atoms with Crippen molar-refractivity contribution < 1.29 is 4.79 Å². The zero-order chi connectivity index (χ0) is 22.0. The fourth-order valence-electron chi connectivity index (χ4n) is 4.42. The molecule has 2 aromatic carbocycles. The zero-order valence-electron chi connectivity index (χ0n) is 17.0. The van der Waals surface area contributed by atoms with Crippen molar-refractivity contribution in [2.24, 2.45) is 0 Å². The molecular weight excluding hydrogens is 426 g/mol. The Bertz CT molecular complexity index is 1630. The second-order valence-corrected chi connectivity index (χ2v) is 8.27. The largest absolute Gasteiger partial charge is 0.291 e. The molecule has 32 heavy (non-hydrogen) atoms. The van der Waals surface area contributed by atoms with Crippen LogP contribution in [0.1, 0.15) is 28.7 Å². The van der Waals surface area contributed by atoms with Gasteiger partial charge in [-0.3, -0.25) is 9.59 Å². The van der Waals surface area contributed by atoms with Gasteiger partial charge in [0.15, 0.2) is 11.4 Å². The summed E-state index contributed by atoms with van der Waals surface area (Å²) in [5.41, 5.74) is 4.65. The van der Waals surface area contributed by atoms with Crippen LogP contribution in [-0.4, -0.2) is 29.9 Å². The van der Waals surface area contributed by atoms with E-state index in [1.165, 1.54) is 21.6 Å². The Morgan fingerprint density at radius 3 is 2.56 bits per heavy atom. The number of fused-ring (bicyclic) bond motifs is 6. The van der Waals surface area contributed by atoms with Crippen LogP contribution in [0.4, 0.5) is 0 Å². The van der Waals surface area contributed by atoms with E-state index in [2.05, 4.69) is 21.1 Å². The first-order valence-corrected chi connectivity index (χ1v) is 10.6. The minimum Gasteiger partial charge on any atom is -0.291 e. The molecule has 0 unspecified atom stereocenters. The average molecular weight is 442 g/mol. The molecule has 3 aromatic heterocycles. The molecule has 0 spiro atoms. The molecule has 156 valence electrons. The Balaban J connectivity index is 1.76. The maximum absolute atomic E-state index is 13.9. The molecule has 0 aliphatic heterocycles. The van der Waals surface area contributed by atoms with Gasteiger partial charge in [0, 0.05) is 23.7 Å². The molecule has 6 rings (SSSR count). The van der Waals surface area contributed by atoms with Crippen LogP contribution in [0, 0.1) is 0 Å². The number of aromatic nitrogens is 5. The van der Waals surface area contributed by atoms with Gasteiger partial charge in [-0.2, -0.15) is 9.67 Å². The first kappa shape index (κ1) is 18.9. The smallest absolute Gasteiger partial charge is 0.271 e. The van der Waals surface area contributed by atoms with Gasteiger partial charge in [0.25, 0.3) is 5.56 Å². The summed E-state index contributed by atoms with van der Waals surface area (Å²) < 4.78 is 2.77. The third kappa shape index (κ3) is 2.64. The first-order valence-electron chi connectivity index (χ1n) is 10.2.